The number of pyridine rings is 1. The second-order valence-electron chi connectivity index (χ2n) is 5.79. The normalized spacial score (nSPS) is 15.2. The van der Waals surface area contributed by atoms with Gasteiger partial charge in [-0.2, -0.15) is 4.39 Å². The van der Waals surface area contributed by atoms with Crippen molar-refractivity contribution in [1.82, 2.24) is 9.88 Å². The highest BCUT2D eigenvalue weighted by molar-refractivity contribution is 6.35. The minimum absolute atomic E-state index is 0.129. The zero-order valence-corrected chi connectivity index (χ0v) is 14.9. The van der Waals surface area contributed by atoms with Gasteiger partial charge in [0.15, 0.2) is 0 Å². The third-order valence-corrected chi connectivity index (χ3v) is 4.35. The van der Waals surface area contributed by atoms with E-state index in [-0.39, 0.29) is 12.5 Å². The Bertz CT molecular complexity index is 746. The van der Waals surface area contributed by atoms with Crippen molar-refractivity contribution in [1.29, 1.82) is 0 Å². The highest BCUT2D eigenvalue weighted by atomic mass is 35.5. The van der Waals surface area contributed by atoms with Crippen LogP contribution in [0.5, 0.6) is 0 Å². The van der Waals surface area contributed by atoms with E-state index < -0.39 is 5.95 Å². The summed E-state index contributed by atoms with van der Waals surface area (Å²) >= 11 is 11.9. The lowest BCUT2D eigenvalue weighted by atomic mass is 10.3. The lowest BCUT2D eigenvalue weighted by Crippen LogP contribution is -2.49. The van der Waals surface area contributed by atoms with Gasteiger partial charge in [0.1, 0.15) is 5.82 Å². The summed E-state index contributed by atoms with van der Waals surface area (Å²) in [4.78, 5) is 20.1. The van der Waals surface area contributed by atoms with Crippen molar-refractivity contribution in [3.8, 4) is 0 Å². The molecular formula is C17H17Cl2FN4O. The number of halogens is 3. The quantitative estimate of drug-likeness (QED) is 0.824. The fraction of sp³-hybridized carbons (Fsp3) is 0.294. The summed E-state index contributed by atoms with van der Waals surface area (Å²) in [5.74, 6) is 0.00725. The first-order valence-electron chi connectivity index (χ1n) is 7.85. The first kappa shape index (κ1) is 17.9. The van der Waals surface area contributed by atoms with Gasteiger partial charge in [-0.3, -0.25) is 9.69 Å². The predicted molar refractivity (Wildman–Crippen MR) is 97.9 cm³/mol. The van der Waals surface area contributed by atoms with Crippen LogP contribution in [0.25, 0.3) is 0 Å². The summed E-state index contributed by atoms with van der Waals surface area (Å²) in [5.41, 5.74) is 0.574. The average molecular weight is 383 g/mol. The highest BCUT2D eigenvalue weighted by Gasteiger charge is 2.20. The molecule has 0 bridgehead atoms. The summed E-state index contributed by atoms with van der Waals surface area (Å²) in [6, 6.07) is 9.67. The second-order valence-corrected chi connectivity index (χ2v) is 6.66. The number of nitrogens with zero attached hydrogens (tertiary/aromatic N) is 3. The lowest BCUT2D eigenvalue weighted by molar-refractivity contribution is -0.117. The summed E-state index contributed by atoms with van der Waals surface area (Å²) in [6.45, 7) is 3.04. The number of benzene rings is 1. The molecule has 132 valence electrons. The number of amides is 1. The molecule has 5 nitrogen and oxygen atoms in total. The number of nitrogens with one attached hydrogen (secondary N) is 1. The van der Waals surface area contributed by atoms with Crippen LogP contribution < -0.4 is 10.2 Å². The summed E-state index contributed by atoms with van der Waals surface area (Å²) in [6.07, 6.45) is 0. The minimum atomic E-state index is -0.487. The predicted octanol–water partition coefficient (Wildman–Crippen LogP) is 3.29. The molecule has 0 atom stereocenters. The molecule has 1 fully saturated rings. The SMILES string of the molecule is O=C(CN1CCN(c2cccc(F)n2)CC1)Nc1cc(Cl)cc(Cl)c1. The molecule has 0 spiro atoms. The van der Waals surface area contributed by atoms with Gasteiger partial charge in [-0.25, -0.2) is 4.98 Å². The summed E-state index contributed by atoms with van der Waals surface area (Å²) < 4.78 is 13.2. The molecule has 2 heterocycles. The fourth-order valence-electron chi connectivity index (χ4n) is 2.74. The van der Waals surface area contributed by atoms with Crippen LogP contribution >= 0.6 is 23.2 Å². The summed E-state index contributed by atoms with van der Waals surface area (Å²) in [5, 5.41) is 3.74. The number of anilines is 2. The van der Waals surface area contributed by atoms with Crippen LogP contribution in [0.2, 0.25) is 10.0 Å². The first-order valence-corrected chi connectivity index (χ1v) is 8.61. The maximum atomic E-state index is 13.2. The largest absolute Gasteiger partial charge is 0.354 e. The van der Waals surface area contributed by atoms with Crippen molar-refractivity contribution in [2.45, 2.75) is 0 Å². The van der Waals surface area contributed by atoms with Crippen molar-refractivity contribution in [2.24, 2.45) is 0 Å². The molecule has 1 saturated heterocycles. The van der Waals surface area contributed by atoms with Gasteiger partial charge in [0.2, 0.25) is 11.9 Å². The van der Waals surface area contributed by atoms with E-state index in [2.05, 4.69) is 10.3 Å². The Hall–Kier alpha value is -1.89. The van der Waals surface area contributed by atoms with Crippen molar-refractivity contribution in [3.05, 3.63) is 52.4 Å². The monoisotopic (exact) mass is 382 g/mol. The Morgan fingerprint density at radius 2 is 1.80 bits per heavy atom. The smallest absolute Gasteiger partial charge is 0.238 e. The van der Waals surface area contributed by atoms with E-state index in [1.807, 2.05) is 9.80 Å². The molecule has 0 radical (unpaired) electrons. The molecule has 0 aliphatic carbocycles. The molecule has 8 heteroatoms. The van der Waals surface area contributed by atoms with Crippen LogP contribution in [0.3, 0.4) is 0 Å². The fourth-order valence-corrected chi connectivity index (χ4v) is 3.26. The Kier molecular flexibility index (Phi) is 5.73. The van der Waals surface area contributed by atoms with Crippen molar-refractivity contribution >= 4 is 40.6 Å². The van der Waals surface area contributed by atoms with Gasteiger partial charge < -0.3 is 10.2 Å². The van der Waals surface area contributed by atoms with Crippen LogP contribution in [0, 0.1) is 5.95 Å². The maximum Gasteiger partial charge on any atom is 0.238 e. The second kappa shape index (κ2) is 7.99. The van der Waals surface area contributed by atoms with E-state index >= 15 is 0 Å². The van der Waals surface area contributed by atoms with E-state index in [1.54, 1.807) is 30.3 Å². The molecule has 1 amide bonds. The Balaban J connectivity index is 1.51. The Morgan fingerprint density at radius 3 is 2.44 bits per heavy atom. The highest BCUT2D eigenvalue weighted by Crippen LogP contribution is 2.22. The molecule has 1 aromatic heterocycles. The third kappa shape index (κ3) is 5.04. The molecule has 2 aromatic rings. The van der Waals surface area contributed by atoms with Gasteiger partial charge in [-0.05, 0) is 30.3 Å². The van der Waals surface area contributed by atoms with Gasteiger partial charge in [-0.15, -0.1) is 0 Å². The van der Waals surface area contributed by atoms with E-state index in [9.17, 15) is 9.18 Å². The number of rotatable bonds is 4. The zero-order valence-electron chi connectivity index (χ0n) is 13.4. The van der Waals surface area contributed by atoms with E-state index in [4.69, 9.17) is 23.2 Å². The number of hydrogen-bond acceptors (Lipinski definition) is 4. The van der Waals surface area contributed by atoms with Gasteiger partial charge in [0.05, 0.1) is 6.54 Å². The number of carbonyl (C=O) groups is 1. The van der Waals surface area contributed by atoms with Gasteiger partial charge in [0.25, 0.3) is 0 Å². The molecule has 1 aromatic carbocycles. The van der Waals surface area contributed by atoms with Crippen LogP contribution in [0.4, 0.5) is 15.9 Å². The van der Waals surface area contributed by atoms with Crippen molar-refractivity contribution in [3.63, 3.8) is 0 Å². The third-order valence-electron chi connectivity index (χ3n) is 3.91. The standard InChI is InChI=1S/C17H17Cl2FN4O/c18-12-8-13(19)10-14(9-12)21-17(25)11-23-4-6-24(7-5-23)16-3-1-2-15(20)22-16/h1-3,8-10H,4-7,11H2,(H,21,25). The van der Waals surface area contributed by atoms with E-state index in [0.29, 0.717) is 47.7 Å². The molecule has 25 heavy (non-hydrogen) atoms. The number of aromatic nitrogens is 1. The molecule has 1 N–H and O–H groups in total. The molecule has 0 saturated carbocycles. The number of piperazine rings is 1. The zero-order chi connectivity index (χ0) is 17.8. The van der Waals surface area contributed by atoms with Crippen LogP contribution in [-0.4, -0.2) is 48.5 Å². The summed E-state index contributed by atoms with van der Waals surface area (Å²) in [7, 11) is 0. The Morgan fingerprint density at radius 1 is 1.12 bits per heavy atom. The maximum absolute atomic E-state index is 13.2. The van der Waals surface area contributed by atoms with Crippen LogP contribution in [0.15, 0.2) is 36.4 Å². The molecule has 1 aliphatic heterocycles. The molecule has 0 unspecified atom stereocenters. The Labute approximate surface area is 155 Å². The van der Waals surface area contributed by atoms with E-state index in [0.717, 1.165) is 0 Å². The van der Waals surface area contributed by atoms with Gasteiger partial charge >= 0.3 is 0 Å². The van der Waals surface area contributed by atoms with Crippen molar-refractivity contribution < 1.29 is 9.18 Å². The average Bonchev–Trinajstić information content (AvgIpc) is 2.54. The topological polar surface area (TPSA) is 48.5 Å². The minimum Gasteiger partial charge on any atom is -0.354 e. The first-order chi connectivity index (χ1) is 12.0. The van der Waals surface area contributed by atoms with Crippen molar-refractivity contribution in [2.75, 3.05) is 42.9 Å². The molecule has 1 aliphatic rings. The van der Waals surface area contributed by atoms with Gasteiger partial charge in [-0.1, -0.05) is 29.3 Å². The number of carbonyl (C=O) groups excluding carboxylic acids is 1. The van der Waals surface area contributed by atoms with Crippen LogP contribution in [0.1, 0.15) is 0 Å². The van der Waals surface area contributed by atoms with E-state index in [1.165, 1.54) is 6.07 Å². The molecule has 3 rings (SSSR count). The van der Waals surface area contributed by atoms with Gasteiger partial charge in [0, 0.05) is 41.9 Å². The lowest BCUT2D eigenvalue weighted by Gasteiger charge is -2.34. The number of hydrogen-bond donors (Lipinski definition) is 1. The van der Waals surface area contributed by atoms with Crippen LogP contribution in [-0.2, 0) is 4.79 Å². The molecular weight excluding hydrogens is 366 g/mol.